The molecule has 0 aliphatic heterocycles. The second-order valence-electron chi connectivity index (χ2n) is 6.99. The first-order valence-corrected chi connectivity index (χ1v) is 10.2. The Morgan fingerprint density at radius 1 is 1.19 bits per heavy atom. The molecule has 0 bridgehead atoms. The van der Waals surface area contributed by atoms with Crippen LogP contribution in [0.3, 0.4) is 0 Å². The molecule has 0 saturated heterocycles. The predicted molar refractivity (Wildman–Crippen MR) is 119 cm³/mol. The monoisotopic (exact) mass is 442 g/mol. The predicted octanol–water partition coefficient (Wildman–Crippen LogP) is 2.69. The summed E-state index contributed by atoms with van der Waals surface area (Å²) in [5, 5.41) is 10.6. The average Bonchev–Trinajstić information content (AvgIpc) is 2.77. The van der Waals surface area contributed by atoms with Crippen molar-refractivity contribution in [3.05, 3.63) is 63.5 Å². The van der Waals surface area contributed by atoms with Gasteiger partial charge >= 0.3 is 0 Å². The Kier molecular flexibility index (Phi) is 6.91. The molecular formula is C22H23ClN4O4. The van der Waals surface area contributed by atoms with Crippen LogP contribution in [0, 0.1) is 0 Å². The van der Waals surface area contributed by atoms with Crippen molar-refractivity contribution in [2.24, 2.45) is 0 Å². The molecule has 2 N–H and O–H groups in total. The van der Waals surface area contributed by atoms with Crippen LogP contribution in [0.4, 0.5) is 0 Å². The van der Waals surface area contributed by atoms with Gasteiger partial charge in [-0.1, -0.05) is 36.7 Å². The molecular weight excluding hydrogens is 420 g/mol. The van der Waals surface area contributed by atoms with Gasteiger partial charge in [0.25, 0.3) is 11.5 Å². The Bertz CT molecular complexity index is 1190. The topological polar surface area (TPSA) is 102 Å². The smallest absolute Gasteiger partial charge is 0.279 e. The number of aromatic nitrogens is 2. The summed E-state index contributed by atoms with van der Waals surface area (Å²) in [6.07, 6.45) is 0.779. The second kappa shape index (κ2) is 9.61. The number of ether oxygens (including phenoxy) is 1. The maximum absolute atomic E-state index is 13.0. The lowest BCUT2D eigenvalue weighted by molar-refractivity contribution is -0.120. The summed E-state index contributed by atoms with van der Waals surface area (Å²) < 4.78 is 6.26. The summed E-state index contributed by atoms with van der Waals surface area (Å²) in [7, 11) is 1.49. The molecule has 8 nitrogen and oxygen atoms in total. The fraction of sp³-hybridized carbons (Fsp3) is 0.273. The minimum Gasteiger partial charge on any atom is -0.495 e. The Morgan fingerprint density at radius 2 is 1.90 bits per heavy atom. The summed E-state index contributed by atoms with van der Waals surface area (Å²) in [6, 6.07) is 11.4. The van der Waals surface area contributed by atoms with Gasteiger partial charge in [-0.2, -0.15) is 9.78 Å². The Labute approximate surface area is 184 Å². The number of hydrogen-bond donors (Lipinski definition) is 2. The van der Waals surface area contributed by atoms with Crippen molar-refractivity contribution in [2.45, 2.75) is 26.3 Å². The van der Waals surface area contributed by atoms with Crippen LogP contribution in [0.2, 0.25) is 5.02 Å². The molecule has 0 spiro atoms. The maximum Gasteiger partial charge on any atom is 0.279 e. The van der Waals surface area contributed by atoms with Crippen molar-refractivity contribution >= 4 is 34.2 Å². The van der Waals surface area contributed by atoms with E-state index in [0.29, 0.717) is 27.2 Å². The molecule has 2 aromatic carbocycles. The second-order valence-corrected chi connectivity index (χ2v) is 7.40. The van der Waals surface area contributed by atoms with Crippen molar-refractivity contribution < 1.29 is 14.3 Å². The normalized spacial score (nSPS) is 11.7. The van der Waals surface area contributed by atoms with E-state index in [1.165, 1.54) is 13.2 Å². The van der Waals surface area contributed by atoms with Gasteiger partial charge in [-0.25, -0.2) is 0 Å². The van der Waals surface area contributed by atoms with Gasteiger partial charge in [0, 0.05) is 11.4 Å². The molecule has 1 heterocycles. The van der Waals surface area contributed by atoms with E-state index in [9.17, 15) is 14.4 Å². The number of fused-ring (bicyclic) bond motifs is 1. The average molecular weight is 443 g/mol. The number of hydrogen-bond acceptors (Lipinski definition) is 5. The summed E-state index contributed by atoms with van der Waals surface area (Å²) in [5.41, 5.74) is 0.00601. The number of nitrogens with zero attached hydrogens (tertiary/aromatic N) is 2. The third kappa shape index (κ3) is 4.86. The molecule has 0 saturated carbocycles. The van der Waals surface area contributed by atoms with Gasteiger partial charge in [-0.05, 0) is 37.6 Å². The van der Waals surface area contributed by atoms with E-state index in [4.69, 9.17) is 16.3 Å². The Balaban J connectivity index is 2.01. The third-order valence-electron chi connectivity index (χ3n) is 4.83. The lowest BCUT2D eigenvalue weighted by Gasteiger charge is -2.13. The first-order chi connectivity index (χ1) is 14.8. The van der Waals surface area contributed by atoms with E-state index in [-0.39, 0.29) is 24.2 Å². The van der Waals surface area contributed by atoms with Crippen LogP contribution < -0.4 is 20.9 Å². The molecule has 0 aliphatic rings. The number of nitrogens with one attached hydrogen (secondary N) is 2. The minimum atomic E-state index is -0.566. The van der Waals surface area contributed by atoms with E-state index in [0.717, 1.165) is 11.1 Å². The Morgan fingerprint density at radius 3 is 2.55 bits per heavy atom. The number of rotatable bonds is 7. The van der Waals surface area contributed by atoms with E-state index in [2.05, 4.69) is 15.7 Å². The first-order valence-electron chi connectivity index (χ1n) is 9.79. The number of carbonyl (C=O) groups excluding carboxylic acids is 2. The highest BCUT2D eigenvalue weighted by Gasteiger charge is 2.19. The van der Waals surface area contributed by atoms with Gasteiger partial charge in [0.1, 0.15) is 5.75 Å². The van der Waals surface area contributed by atoms with E-state index < -0.39 is 11.5 Å². The molecule has 0 radical (unpaired) electrons. The van der Waals surface area contributed by atoms with Crippen molar-refractivity contribution in [1.82, 2.24) is 20.4 Å². The molecule has 0 fully saturated rings. The van der Waals surface area contributed by atoms with Gasteiger partial charge in [0.05, 0.1) is 29.8 Å². The van der Waals surface area contributed by atoms with Crippen LogP contribution in [0.1, 0.15) is 30.8 Å². The first kappa shape index (κ1) is 22.3. The molecule has 9 heteroatoms. The molecule has 1 atom stereocenters. The Hall–Kier alpha value is -3.39. The van der Waals surface area contributed by atoms with Crippen molar-refractivity contribution in [1.29, 1.82) is 0 Å². The molecule has 2 amide bonds. The standard InChI is InChI=1S/C22H23ClN4O4/c1-4-13(2)25-19(28)12-24-21(29)20-15-7-5-6-8-16(15)22(30)27(26-20)14-9-10-18(31-3)17(23)11-14/h5-11,13H,4,12H2,1-3H3,(H,24,29)(H,25,28)/t13-/m0/s1. The van der Waals surface area contributed by atoms with Crippen LogP contribution in [0.25, 0.3) is 16.5 Å². The zero-order valence-corrected chi connectivity index (χ0v) is 18.2. The van der Waals surface area contributed by atoms with Crippen LogP contribution >= 0.6 is 11.6 Å². The van der Waals surface area contributed by atoms with Gasteiger partial charge < -0.3 is 15.4 Å². The fourth-order valence-corrected chi connectivity index (χ4v) is 3.24. The highest BCUT2D eigenvalue weighted by Crippen LogP contribution is 2.26. The summed E-state index contributed by atoms with van der Waals surface area (Å²) >= 11 is 6.20. The van der Waals surface area contributed by atoms with Crippen molar-refractivity contribution in [3.8, 4) is 11.4 Å². The SMILES string of the molecule is CC[C@H](C)NC(=O)CNC(=O)c1nn(-c2ccc(OC)c(Cl)c2)c(=O)c2ccccc12. The molecule has 0 unspecified atom stereocenters. The van der Waals surface area contributed by atoms with Gasteiger partial charge in [-0.15, -0.1) is 0 Å². The van der Waals surface area contributed by atoms with Gasteiger partial charge in [-0.3, -0.25) is 14.4 Å². The fourth-order valence-electron chi connectivity index (χ4n) is 2.99. The summed E-state index contributed by atoms with van der Waals surface area (Å²) in [6.45, 7) is 3.63. The third-order valence-corrected chi connectivity index (χ3v) is 5.12. The van der Waals surface area contributed by atoms with Crippen LogP contribution in [-0.4, -0.2) is 41.3 Å². The zero-order valence-electron chi connectivity index (χ0n) is 17.4. The highest BCUT2D eigenvalue weighted by atomic mass is 35.5. The van der Waals surface area contributed by atoms with Crippen LogP contribution in [0.15, 0.2) is 47.3 Å². The zero-order chi connectivity index (χ0) is 22.5. The molecule has 162 valence electrons. The maximum atomic E-state index is 13.0. The number of benzene rings is 2. The quantitative estimate of drug-likeness (QED) is 0.585. The van der Waals surface area contributed by atoms with Crippen molar-refractivity contribution in [2.75, 3.05) is 13.7 Å². The number of halogens is 1. The highest BCUT2D eigenvalue weighted by molar-refractivity contribution is 6.32. The lowest BCUT2D eigenvalue weighted by atomic mass is 10.1. The van der Waals surface area contributed by atoms with Gasteiger partial charge in [0.2, 0.25) is 5.91 Å². The molecule has 3 aromatic rings. The molecule has 31 heavy (non-hydrogen) atoms. The van der Waals surface area contributed by atoms with Crippen molar-refractivity contribution in [3.63, 3.8) is 0 Å². The minimum absolute atomic E-state index is 0.00471. The van der Waals surface area contributed by atoms with E-state index in [1.54, 1.807) is 36.4 Å². The molecule has 1 aromatic heterocycles. The molecule has 3 rings (SSSR count). The summed E-state index contributed by atoms with van der Waals surface area (Å²) in [5.74, 6) is -0.421. The number of amides is 2. The van der Waals surface area contributed by atoms with E-state index in [1.807, 2.05) is 13.8 Å². The largest absolute Gasteiger partial charge is 0.495 e. The van der Waals surface area contributed by atoms with Crippen LogP contribution in [-0.2, 0) is 4.79 Å². The summed E-state index contributed by atoms with van der Waals surface area (Å²) in [4.78, 5) is 37.9. The molecule has 0 aliphatic carbocycles. The number of carbonyl (C=O) groups is 2. The lowest BCUT2D eigenvalue weighted by Crippen LogP contribution is -2.41. The van der Waals surface area contributed by atoms with Gasteiger partial charge in [0.15, 0.2) is 5.69 Å². The number of methoxy groups -OCH3 is 1. The van der Waals surface area contributed by atoms with E-state index >= 15 is 0 Å². The van der Waals surface area contributed by atoms with Crippen LogP contribution in [0.5, 0.6) is 5.75 Å².